The van der Waals surface area contributed by atoms with Crippen LogP contribution >= 0.6 is 0 Å². The van der Waals surface area contributed by atoms with Gasteiger partial charge < -0.3 is 10.2 Å². The van der Waals surface area contributed by atoms with Crippen molar-refractivity contribution < 1.29 is 9.59 Å². The van der Waals surface area contributed by atoms with E-state index < -0.39 is 0 Å². The van der Waals surface area contributed by atoms with Gasteiger partial charge in [0, 0.05) is 45.4 Å². The number of carbonyl (C=O) groups is 2. The third-order valence-electron chi connectivity index (χ3n) is 5.51. The summed E-state index contributed by atoms with van der Waals surface area (Å²) in [5.74, 6) is 0.0584. The predicted molar refractivity (Wildman–Crippen MR) is 117 cm³/mol. The molecule has 1 aliphatic rings. The number of nitrogens with zero attached hydrogens (tertiary/aromatic N) is 3. The Bertz CT molecular complexity index is 888. The molecular formula is C23H30N4O2. The molecule has 0 unspecified atom stereocenters. The van der Waals surface area contributed by atoms with Crippen LogP contribution in [-0.4, -0.2) is 44.0 Å². The van der Waals surface area contributed by atoms with E-state index in [1.807, 2.05) is 49.3 Å². The van der Waals surface area contributed by atoms with E-state index in [0.717, 1.165) is 42.6 Å². The average Bonchev–Trinajstić information content (AvgIpc) is 2.73. The molecule has 0 bridgehead atoms. The van der Waals surface area contributed by atoms with E-state index in [1.54, 1.807) is 13.1 Å². The zero-order chi connectivity index (χ0) is 21.0. The molecular weight excluding hydrogens is 364 g/mol. The highest BCUT2D eigenvalue weighted by molar-refractivity contribution is 6.03. The summed E-state index contributed by atoms with van der Waals surface area (Å²) in [4.78, 5) is 33.2. The van der Waals surface area contributed by atoms with Gasteiger partial charge in [-0.3, -0.25) is 14.5 Å². The molecule has 3 rings (SSSR count). The number of rotatable bonds is 5. The van der Waals surface area contributed by atoms with Gasteiger partial charge in [-0.15, -0.1) is 0 Å². The minimum absolute atomic E-state index is 0.164. The monoisotopic (exact) mass is 394 g/mol. The summed E-state index contributed by atoms with van der Waals surface area (Å²) in [6, 6.07) is 11.8. The first-order valence-electron chi connectivity index (χ1n) is 10.2. The Kier molecular flexibility index (Phi) is 6.52. The fourth-order valence-corrected chi connectivity index (χ4v) is 3.64. The van der Waals surface area contributed by atoms with Crippen LogP contribution in [0.1, 0.15) is 49.4 Å². The topological polar surface area (TPSA) is 65.5 Å². The van der Waals surface area contributed by atoms with E-state index >= 15 is 0 Å². The fourth-order valence-electron chi connectivity index (χ4n) is 3.64. The average molecular weight is 395 g/mol. The number of hydrogen-bond acceptors (Lipinski definition) is 4. The van der Waals surface area contributed by atoms with E-state index in [4.69, 9.17) is 4.98 Å². The Labute approximate surface area is 172 Å². The molecule has 0 radical (unpaired) electrons. The van der Waals surface area contributed by atoms with Crippen molar-refractivity contribution in [3.8, 4) is 11.3 Å². The molecule has 1 aromatic heterocycles. The molecule has 1 saturated carbocycles. The number of aromatic nitrogens is 1. The van der Waals surface area contributed by atoms with Gasteiger partial charge in [0.2, 0.25) is 5.91 Å². The Hall–Kier alpha value is -2.89. The second-order valence-corrected chi connectivity index (χ2v) is 7.90. The maximum atomic E-state index is 13.0. The van der Waals surface area contributed by atoms with Crippen LogP contribution in [0.25, 0.3) is 11.3 Å². The van der Waals surface area contributed by atoms with Crippen LogP contribution in [0.15, 0.2) is 36.4 Å². The third-order valence-corrected chi connectivity index (χ3v) is 5.51. The van der Waals surface area contributed by atoms with Crippen molar-refractivity contribution in [1.82, 2.24) is 10.3 Å². The van der Waals surface area contributed by atoms with Gasteiger partial charge in [-0.2, -0.15) is 0 Å². The second kappa shape index (κ2) is 9.07. The number of nitrogens with one attached hydrogen (secondary N) is 1. The molecule has 1 heterocycles. The quantitative estimate of drug-likeness (QED) is 0.836. The lowest BCUT2D eigenvalue weighted by molar-refractivity contribution is -0.116. The standard InChI is InChI=1S/C23H30N4O2/c1-16(28)27(4)22-20(23(29)24-18-10-6-5-7-11-18)13-14-21(25-22)17-9-8-12-19(15-17)26(2)3/h8-9,12-15,18H,5-7,10-11H2,1-4H3,(H,24,29). The van der Waals surface area contributed by atoms with Gasteiger partial charge in [0.15, 0.2) is 0 Å². The zero-order valence-electron chi connectivity index (χ0n) is 17.7. The predicted octanol–water partition coefficient (Wildman–Crippen LogP) is 3.86. The van der Waals surface area contributed by atoms with Crippen LogP contribution < -0.4 is 15.1 Å². The van der Waals surface area contributed by atoms with Crippen molar-refractivity contribution in [2.45, 2.75) is 45.1 Å². The molecule has 1 N–H and O–H groups in total. The van der Waals surface area contributed by atoms with Crippen LogP contribution in [0.4, 0.5) is 11.5 Å². The van der Waals surface area contributed by atoms with Crippen molar-refractivity contribution in [1.29, 1.82) is 0 Å². The normalized spacial score (nSPS) is 14.3. The third kappa shape index (κ3) is 4.94. The minimum Gasteiger partial charge on any atom is -0.378 e. The van der Waals surface area contributed by atoms with E-state index in [0.29, 0.717) is 11.4 Å². The SMILES string of the molecule is CC(=O)N(C)c1nc(-c2cccc(N(C)C)c2)ccc1C(=O)NC1CCCCC1. The van der Waals surface area contributed by atoms with Gasteiger partial charge in [0.25, 0.3) is 5.91 Å². The van der Waals surface area contributed by atoms with Gasteiger partial charge >= 0.3 is 0 Å². The molecule has 6 nitrogen and oxygen atoms in total. The second-order valence-electron chi connectivity index (χ2n) is 7.90. The minimum atomic E-state index is -0.166. The summed E-state index contributed by atoms with van der Waals surface area (Å²) < 4.78 is 0. The van der Waals surface area contributed by atoms with Crippen molar-refractivity contribution in [3.05, 3.63) is 42.0 Å². The highest BCUT2D eigenvalue weighted by Gasteiger charge is 2.22. The first kappa shape index (κ1) is 20.8. The Morgan fingerprint density at radius 2 is 1.76 bits per heavy atom. The van der Waals surface area contributed by atoms with E-state index in [-0.39, 0.29) is 17.9 Å². The first-order chi connectivity index (χ1) is 13.9. The molecule has 29 heavy (non-hydrogen) atoms. The smallest absolute Gasteiger partial charge is 0.255 e. The van der Waals surface area contributed by atoms with Crippen LogP contribution in [0.5, 0.6) is 0 Å². The van der Waals surface area contributed by atoms with Gasteiger partial charge in [-0.05, 0) is 37.1 Å². The Morgan fingerprint density at radius 3 is 2.41 bits per heavy atom. The molecule has 154 valence electrons. The largest absolute Gasteiger partial charge is 0.378 e. The number of amides is 2. The fraction of sp³-hybridized carbons (Fsp3) is 0.435. The van der Waals surface area contributed by atoms with Crippen LogP contribution in [0.2, 0.25) is 0 Å². The molecule has 2 aromatic rings. The number of pyridine rings is 1. The summed E-state index contributed by atoms with van der Waals surface area (Å²) in [5, 5.41) is 3.13. The summed E-state index contributed by atoms with van der Waals surface area (Å²) in [7, 11) is 5.63. The summed E-state index contributed by atoms with van der Waals surface area (Å²) >= 11 is 0. The van der Waals surface area contributed by atoms with E-state index in [1.165, 1.54) is 18.2 Å². The van der Waals surface area contributed by atoms with Crippen molar-refractivity contribution in [3.63, 3.8) is 0 Å². The highest BCUT2D eigenvalue weighted by atomic mass is 16.2. The lowest BCUT2D eigenvalue weighted by atomic mass is 9.95. The molecule has 1 aromatic carbocycles. The molecule has 0 atom stereocenters. The van der Waals surface area contributed by atoms with Crippen LogP contribution in [0, 0.1) is 0 Å². The molecule has 0 saturated heterocycles. The van der Waals surface area contributed by atoms with Crippen LogP contribution in [-0.2, 0) is 4.79 Å². The molecule has 1 aliphatic carbocycles. The van der Waals surface area contributed by atoms with Gasteiger partial charge in [-0.1, -0.05) is 31.4 Å². The van der Waals surface area contributed by atoms with Crippen molar-refractivity contribution in [2.75, 3.05) is 30.9 Å². The molecule has 2 amide bonds. The number of carbonyl (C=O) groups excluding carboxylic acids is 2. The Morgan fingerprint density at radius 1 is 1.03 bits per heavy atom. The molecule has 0 aliphatic heterocycles. The lowest BCUT2D eigenvalue weighted by Gasteiger charge is -2.24. The van der Waals surface area contributed by atoms with Gasteiger partial charge in [-0.25, -0.2) is 4.98 Å². The molecule has 0 spiro atoms. The van der Waals surface area contributed by atoms with Crippen LogP contribution in [0.3, 0.4) is 0 Å². The number of hydrogen-bond donors (Lipinski definition) is 1. The number of anilines is 2. The first-order valence-corrected chi connectivity index (χ1v) is 10.2. The lowest BCUT2D eigenvalue weighted by Crippen LogP contribution is -2.37. The van der Waals surface area contributed by atoms with E-state index in [9.17, 15) is 9.59 Å². The number of benzene rings is 1. The van der Waals surface area contributed by atoms with E-state index in [2.05, 4.69) is 5.32 Å². The maximum Gasteiger partial charge on any atom is 0.255 e. The zero-order valence-corrected chi connectivity index (χ0v) is 17.7. The summed E-state index contributed by atoms with van der Waals surface area (Å²) in [6.45, 7) is 1.48. The summed E-state index contributed by atoms with van der Waals surface area (Å²) in [5.41, 5.74) is 3.16. The summed E-state index contributed by atoms with van der Waals surface area (Å²) in [6.07, 6.45) is 5.53. The van der Waals surface area contributed by atoms with Gasteiger partial charge in [0.1, 0.15) is 5.82 Å². The Balaban J connectivity index is 1.95. The highest BCUT2D eigenvalue weighted by Crippen LogP contribution is 2.27. The molecule has 6 heteroatoms. The van der Waals surface area contributed by atoms with Gasteiger partial charge in [0.05, 0.1) is 11.3 Å². The maximum absolute atomic E-state index is 13.0. The molecule has 1 fully saturated rings. The van der Waals surface area contributed by atoms with Crippen molar-refractivity contribution >= 4 is 23.3 Å². The van der Waals surface area contributed by atoms with Crippen molar-refractivity contribution in [2.24, 2.45) is 0 Å².